The Morgan fingerprint density at radius 2 is 1.80 bits per heavy atom. The van der Waals surface area contributed by atoms with Gasteiger partial charge in [-0.15, -0.1) is 5.10 Å². The van der Waals surface area contributed by atoms with Gasteiger partial charge in [-0.25, -0.2) is 14.5 Å². The van der Waals surface area contributed by atoms with Crippen molar-refractivity contribution in [3.8, 4) is 15.8 Å². The molecule has 5 aliphatic rings. The molecule has 1 saturated carbocycles. The van der Waals surface area contributed by atoms with E-state index in [1.807, 2.05) is 35.2 Å². The van der Waals surface area contributed by atoms with E-state index in [0.29, 0.717) is 17.7 Å². The third-order valence-electron chi connectivity index (χ3n) is 6.44. The van der Waals surface area contributed by atoms with Crippen LogP contribution in [-0.2, 0) is 19.1 Å². The van der Waals surface area contributed by atoms with Crippen molar-refractivity contribution in [3.05, 3.63) is 42.5 Å². The SMILES string of the molecule is O=C1C=CC(=O)OC2(O1)[C@@H]1CC3C[C@H](CN2C3)C1Oc1nnc(-c2ccccc2)s1. The molecule has 4 bridgehead atoms. The molecule has 2 aromatic rings. The van der Waals surface area contributed by atoms with E-state index in [0.717, 1.165) is 42.1 Å². The maximum absolute atomic E-state index is 12.2. The molecular formula is C21H19N3O5S. The van der Waals surface area contributed by atoms with Gasteiger partial charge in [-0.2, -0.15) is 0 Å². The summed E-state index contributed by atoms with van der Waals surface area (Å²) < 4.78 is 17.8. The monoisotopic (exact) mass is 425 g/mol. The Hall–Kier alpha value is -2.78. The van der Waals surface area contributed by atoms with Gasteiger partial charge >= 0.3 is 17.8 Å². The maximum atomic E-state index is 12.2. The van der Waals surface area contributed by atoms with Gasteiger partial charge in [-0.05, 0) is 18.8 Å². The van der Waals surface area contributed by atoms with Crippen molar-refractivity contribution in [2.24, 2.45) is 17.8 Å². The number of esters is 2. The molecule has 1 aromatic heterocycles. The number of hydrogen-bond acceptors (Lipinski definition) is 9. The number of rotatable bonds is 3. The van der Waals surface area contributed by atoms with Crippen LogP contribution in [0.4, 0.5) is 0 Å². The zero-order valence-electron chi connectivity index (χ0n) is 16.0. The van der Waals surface area contributed by atoms with Crippen LogP contribution in [0.15, 0.2) is 42.5 Å². The summed E-state index contributed by atoms with van der Waals surface area (Å²) in [5, 5.41) is 9.75. The molecule has 1 aromatic carbocycles. The zero-order valence-corrected chi connectivity index (χ0v) is 16.8. The molecule has 3 unspecified atom stereocenters. The van der Waals surface area contributed by atoms with Crippen molar-refractivity contribution >= 4 is 23.3 Å². The number of nitrogens with zero attached hydrogens (tertiary/aromatic N) is 3. The predicted octanol–water partition coefficient (Wildman–Crippen LogP) is 2.23. The van der Waals surface area contributed by atoms with Gasteiger partial charge in [0, 0.05) is 36.7 Å². The minimum absolute atomic E-state index is 0.255. The van der Waals surface area contributed by atoms with Gasteiger partial charge < -0.3 is 14.2 Å². The van der Waals surface area contributed by atoms with Crippen molar-refractivity contribution in [1.82, 2.24) is 15.1 Å². The molecule has 4 fully saturated rings. The summed E-state index contributed by atoms with van der Waals surface area (Å²) >= 11 is 1.38. The average molecular weight is 425 g/mol. The van der Waals surface area contributed by atoms with Crippen LogP contribution in [-0.4, -0.2) is 52.1 Å². The Bertz CT molecular complexity index is 1020. The van der Waals surface area contributed by atoms with Gasteiger partial charge in [0.05, 0.1) is 5.92 Å². The summed E-state index contributed by atoms with van der Waals surface area (Å²) in [4.78, 5) is 26.4. The second-order valence-electron chi connectivity index (χ2n) is 8.24. The summed E-state index contributed by atoms with van der Waals surface area (Å²) in [6.07, 6.45) is 3.78. The lowest BCUT2D eigenvalue weighted by atomic mass is 9.64. The van der Waals surface area contributed by atoms with Crippen LogP contribution in [0, 0.1) is 17.8 Å². The molecule has 9 heteroatoms. The van der Waals surface area contributed by atoms with Crippen molar-refractivity contribution in [2.45, 2.75) is 24.9 Å². The van der Waals surface area contributed by atoms with Crippen LogP contribution in [0.5, 0.6) is 5.19 Å². The van der Waals surface area contributed by atoms with Crippen molar-refractivity contribution in [1.29, 1.82) is 0 Å². The summed E-state index contributed by atoms with van der Waals surface area (Å²) in [5.74, 6) is -2.11. The number of carbonyl (C=O) groups is 2. The van der Waals surface area contributed by atoms with Gasteiger partial charge in [0.1, 0.15) is 6.10 Å². The fourth-order valence-corrected chi connectivity index (χ4v) is 6.11. The lowest BCUT2D eigenvalue weighted by Gasteiger charge is -2.61. The number of aromatic nitrogens is 2. The molecule has 1 spiro atoms. The highest BCUT2D eigenvalue weighted by Crippen LogP contribution is 2.54. The van der Waals surface area contributed by atoms with E-state index in [1.165, 1.54) is 11.3 Å². The molecule has 5 atom stereocenters. The van der Waals surface area contributed by atoms with E-state index in [4.69, 9.17) is 14.2 Å². The van der Waals surface area contributed by atoms with Gasteiger partial charge in [0.15, 0.2) is 5.01 Å². The van der Waals surface area contributed by atoms with E-state index >= 15 is 0 Å². The number of hydrogen-bond donors (Lipinski definition) is 0. The average Bonchev–Trinajstić information content (AvgIpc) is 3.15. The van der Waals surface area contributed by atoms with Crippen LogP contribution < -0.4 is 4.74 Å². The van der Waals surface area contributed by atoms with Gasteiger partial charge in [-0.3, -0.25) is 0 Å². The van der Waals surface area contributed by atoms with Crippen LogP contribution in [0.2, 0.25) is 0 Å². The van der Waals surface area contributed by atoms with E-state index in [2.05, 4.69) is 10.2 Å². The summed E-state index contributed by atoms with van der Waals surface area (Å²) in [5.41, 5.74) is 0.982. The normalized spacial score (nSPS) is 33.3. The first-order chi connectivity index (χ1) is 14.6. The molecule has 30 heavy (non-hydrogen) atoms. The second-order valence-corrected chi connectivity index (χ2v) is 9.18. The minimum Gasteiger partial charge on any atom is -0.465 e. The van der Waals surface area contributed by atoms with Crippen LogP contribution >= 0.6 is 11.3 Å². The lowest BCUT2D eigenvalue weighted by molar-refractivity contribution is -0.366. The topological polar surface area (TPSA) is 90.9 Å². The molecule has 0 N–H and O–H groups in total. The molecule has 3 saturated heterocycles. The first kappa shape index (κ1) is 18.0. The summed E-state index contributed by atoms with van der Waals surface area (Å²) in [6.45, 7) is 1.39. The molecule has 0 radical (unpaired) electrons. The second kappa shape index (κ2) is 6.61. The Balaban J connectivity index is 1.31. The highest BCUT2D eigenvalue weighted by atomic mass is 32.1. The number of carbonyl (C=O) groups excluding carboxylic acids is 2. The van der Waals surface area contributed by atoms with Gasteiger partial charge in [0.25, 0.3) is 5.19 Å². The standard InChI is InChI=1S/C21H19N3O5S/c25-16-6-7-17(26)29-21(28-16)15-9-12-8-14(11-24(21)10-12)18(15)27-20-23-22-19(30-20)13-4-2-1-3-5-13/h1-7,12,14-15,18H,8-11H2/t12?,14-,15-,18?/m1/s1. The fourth-order valence-electron chi connectivity index (χ4n) is 5.37. The molecular weight excluding hydrogens is 406 g/mol. The van der Waals surface area contributed by atoms with E-state index in [9.17, 15) is 9.59 Å². The van der Waals surface area contributed by atoms with Gasteiger partial charge in [-0.1, -0.05) is 46.8 Å². The van der Waals surface area contributed by atoms with E-state index in [-0.39, 0.29) is 17.9 Å². The van der Waals surface area contributed by atoms with Crippen LogP contribution in [0.3, 0.4) is 0 Å². The van der Waals surface area contributed by atoms with Crippen molar-refractivity contribution in [3.63, 3.8) is 0 Å². The number of ether oxygens (including phenoxy) is 3. The third kappa shape index (κ3) is 2.76. The summed E-state index contributed by atoms with van der Waals surface area (Å²) in [6, 6.07) is 9.82. The fraction of sp³-hybridized carbons (Fsp3) is 0.429. The highest BCUT2D eigenvalue weighted by molar-refractivity contribution is 7.16. The van der Waals surface area contributed by atoms with Crippen molar-refractivity contribution < 1.29 is 23.8 Å². The highest BCUT2D eigenvalue weighted by Gasteiger charge is 2.67. The first-order valence-corrected chi connectivity index (χ1v) is 10.9. The quantitative estimate of drug-likeness (QED) is 0.692. The van der Waals surface area contributed by atoms with E-state index in [1.54, 1.807) is 0 Å². The molecule has 5 heterocycles. The van der Waals surface area contributed by atoms with E-state index < -0.39 is 17.8 Å². The number of benzene rings is 1. The van der Waals surface area contributed by atoms with Crippen LogP contribution in [0.1, 0.15) is 12.8 Å². The largest absolute Gasteiger partial charge is 0.465 e. The third-order valence-corrected chi connectivity index (χ3v) is 7.30. The van der Waals surface area contributed by atoms with Crippen molar-refractivity contribution in [2.75, 3.05) is 13.1 Å². The van der Waals surface area contributed by atoms with Crippen LogP contribution in [0.25, 0.3) is 10.6 Å². The molecule has 154 valence electrons. The molecule has 0 amide bonds. The molecule has 7 rings (SSSR count). The Morgan fingerprint density at radius 3 is 2.57 bits per heavy atom. The Morgan fingerprint density at radius 1 is 1.03 bits per heavy atom. The predicted molar refractivity (Wildman–Crippen MR) is 105 cm³/mol. The first-order valence-electron chi connectivity index (χ1n) is 10.1. The zero-order chi connectivity index (χ0) is 20.3. The molecule has 1 aliphatic carbocycles. The summed E-state index contributed by atoms with van der Waals surface area (Å²) in [7, 11) is 0. The minimum atomic E-state index is -1.41. The number of piperidine rings is 3. The molecule has 8 nitrogen and oxygen atoms in total. The van der Waals surface area contributed by atoms with Gasteiger partial charge in [0.2, 0.25) is 0 Å². The lowest BCUT2D eigenvalue weighted by Crippen LogP contribution is -2.75. The molecule has 4 aliphatic heterocycles. The maximum Gasteiger partial charge on any atom is 0.335 e. The Kier molecular flexibility index (Phi) is 3.97. The smallest absolute Gasteiger partial charge is 0.335 e. The Labute approximate surface area is 176 Å².